The summed E-state index contributed by atoms with van der Waals surface area (Å²) in [5, 5.41) is 2.84. The van der Waals surface area contributed by atoms with Crippen LogP contribution in [0.4, 0.5) is 5.69 Å². The number of rotatable bonds is 4. The molecular formula is C17H17NO4. The first-order chi connectivity index (χ1) is 10.8. The Balaban J connectivity index is 1.67. The number of hydrogen-bond acceptors (Lipinski definition) is 4. The Bertz CT molecular complexity index is 671. The maximum atomic E-state index is 12.3. The number of nitrogens with one attached hydrogen (secondary N) is 1. The molecule has 0 aromatic heterocycles. The second-order valence-electron chi connectivity index (χ2n) is 4.99. The fourth-order valence-corrected chi connectivity index (χ4v) is 2.28. The van der Waals surface area contributed by atoms with E-state index in [9.17, 15) is 4.79 Å². The average Bonchev–Trinajstić information content (AvgIpc) is 2.55. The number of methoxy groups -OCH3 is 1. The largest absolute Gasteiger partial charge is 0.485 e. The number of ether oxygens (including phenoxy) is 3. The van der Waals surface area contributed by atoms with Crippen molar-refractivity contribution in [1.82, 2.24) is 0 Å². The Hall–Kier alpha value is -2.53. The van der Waals surface area contributed by atoms with Crippen molar-refractivity contribution >= 4 is 11.6 Å². The van der Waals surface area contributed by atoms with Gasteiger partial charge in [-0.25, -0.2) is 0 Å². The highest BCUT2D eigenvalue weighted by Gasteiger charge is 2.27. The summed E-state index contributed by atoms with van der Waals surface area (Å²) in [5.41, 5.74) is 1.70. The van der Waals surface area contributed by atoms with E-state index in [0.717, 1.165) is 5.56 Å². The molecule has 5 nitrogen and oxygen atoms in total. The first-order valence-corrected chi connectivity index (χ1v) is 7.03. The zero-order valence-corrected chi connectivity index (χ0v) is 12.2. The lowest BCUT2D eigenvalue weighted by Gasteiger charge is -2.25. The monoisotopic (exact) mass is 299 g/mol. The third-order valence-electron chi connectivity index (χ3n) is 3.31. The molecule has 0 saturated carbocycles. The van der Waals surface area contributed by atoms with Gasteiger partial charge in [0.2, 0.25) is 6.10 Å². The quantitative estimate of drug-likeness (QED) is 0.943. The van der Waals surface area contributed by atoms with E-state index in [1.807, 2.05) is 42.5 Å². The molecule has 1 heterocycles. The predicted molar refractivity (Wildman–Crippen MR) is 82.1 cm³/mol. The van der Waals surface area contributed by atoms with Crippen molar-refractivity contribution in [1.29, 1.82) is 0 Å². The highest BCUT2D eigenvalue weighted by molar-refractivity contribution is 5.94. The molecule has 114 valence electrons. The molecule has 0 fully saturated rings. The van der Waals surface area contributed by atoms with Crippen LogP contribution in [0.5, 0.6) is 11.5 Å². The van der Waals surface area contributed by atoms with Crippen LogP contribution in [0, 0.1) is 0 Å². The van der Waals surface area contributed by atoms with Crippen LogP contribution in [0.25, 0.3) is 0 Å². The van der Waals surface area contributed by atoms with Gasteiger partial charge in [-0.05, 0) is 29.8 Å². The van der Waals surface area contributed by atoms with Crippen molar-refractivity contribution in [2.45, 2.75) is 12.7 Å². The summed E-state index contributed by atoms with van der Waals surface area (Å²) >= 11 is 0. The molecule has 1 aliphatic heterocycles. The summed E-state index contributed by atoms with van der Waals surface area (Å²) in [6, 6.07) is 14.8. The van der Waals surface area contributed by atoms with Crippen LogP contribution in [-0.4, -0.2) is 25.7 Å². The molecule has 0 bridgehead atoms. The maximum absolute atomic E-state index is 12.3. The zero-order chi connectivity index (χ0) is 15.4. The number of amides is 1. The molecule has 0 spiro atoms. The van der Waals surface area contributed by atoms with Gasteiger partial charge in [0.1, 0.15) is 6.61 Å². The van der Waals surface area contributed by atoms with E-state index in [4.69, 9.17) is 14.2 Å². The molecule has 22 heavy (non-hydrogen) atoms. The third-order valence-corrected chi connectivity index (χ3v) is 3.31. The van der Waals surface area contributed by atoms with Crippen molar-refractivity contribution in [2.75, 3.05) is 19.0 Å². The minimum atomic E-state index is -0.666. The molecule has 1 atom stereocenters. The van der Waals surface area contributed by atoms with Crippen LogP contribution < -0.4 is 14.8 Å². The number of hydrogen-bond donors (Lipinski definition) is 1. The van der Waals surface area contributed by atoms with E-state index in [2.05, 4.69) is 5.32 Å². The molecule has 0 unspecified atom stereocenters. The molecule has 0 saturated heterocycles. The van der Waals surface area contributed by atoms with Crippen LogP contribution in [0.15, 0.2) is 48.5 Å². The summed E-state index contributed by atoms with van der Waals surface area (Å²) in [5.74, 6) is 1.01. The Morgan fingerprint density at radius 1 is 1.23 bits per heavy atom. The minimum absolute atomic E-state index is 0.195. The lowest BCUT2D eigenvalue weighted by Crippen LogP contribution is -2.40. The van der Waals surface area contributed by atoms with Crippen LogP contribution in [0.2, 0.25) is 0 Å². The SMILES string of the molecule is COCc1cccc(NC(=O)[C@@H]2COc3ccccc3O2)c1. The predicted octanol–water partition coefficient (Wildman–Crippen LogP) is 2.61. The van der Waals surface area contributed by atoms with E-state index in [1.165, 1.54) is 0 Å². The lowest BCUT2D eigenvalue weighted by atomic mass is 10.2. The van der Waals surface area contributed by atoms with Crippen molar-refractivity contribution < 1.29 is 19.0 Å². The van der Waals surface area contributed by atoms with Gasteiger partial charge in [0, 0.05) is 12.8 Å². The highest BCUT2D eigenvalue weighted by Crippen LogP contribution is 2.31. The molecule has 2 aromatic rings. The van der Waals surface area contributed by atoms with Gasteiger partial charge in [0.05, 0.1) is 6.61 Å². The number of carbonyl (C=O) groups excluding carboxylic acids is 1. The van der Waals surface area contributed by atoms with Gasteiger partial charge in [0.15, 0.2) is 11.5 Å². The molecule has 3 rings (SSSR count). The summed E-state index contributed by atoms with van der Waals surface area (Å²) in [4.78, 5) is 12.3. The van der Waals surface area contributed by atoms with Crippen molar-refractivity contribution in [3.63, 3.8) is 0 Å². The fourth-order valence-electron chi connectivity index (χ4n) is 2.28. The molecule has 1 amide bonds. The van der Waals surface area contributed by atoms with Gasteiger partial charge in [-0.15, -0.1) is 0 Å². The number of anilines is 1. The fraction of sp³-hybridized carbons (Fsp3) is 0.235. The second-order valence-corrected chi connectivity index (χ2v) is 4.99. The van der Waals surface area contributed by atoms with Crippen LogP contribution in [-0.2, 0) is 16.1 Å². The average molecular weight is 299 g/mol. The summed E-state index contributed by atoms with van der Waals surface area (Å²) in [7, 11) is 1.63. The van der Waals surface area contributed by atoms with Gasteiger partial charge in [-0.2, -0.15) is 0 Å². The smallest absolute Gasteiger partial charge is 0.269 e. The van der Waals surface area contributed by atoms with E-state index in [-0.39, 0.29) is 12.5 Å². The van der Waals surface area contributed by atoms with Gasteiger partial charge < -0.3 is 19.5 Å². The normalized spacial score (nSPS) is 16.1. The van der Waals surface area contributed by atoms with E-state index in [1.54, 1.807) is 13.2 Å². The van der Waals surface area contributed by atoms with E-state index in [0.29, 0.717) is 23.8 Å². The standard InChI is InChI=1S/C17H17NO4/c1-20-10-12-5-4-6-13(9-12)18-17(19)16-11-21-14-7-2-3-8-15(14)22-16/h2-9,16H,10-11H2,1H3,(H,18,19)/t16-/m0/s1. The molecule has 0 aliphatic carbocycles. The van der Waals surface area contributed by atoms with Crippen molar-refractivity contribution in [3.8, 4) is 11.5 Å². The molecule has 1 N–H and O–H groups in total. The Kier molecular flexibility index (Phi) is 4.25. The molecular weight excluding hydrogens is 282 g/mol. The number of carbonyl (C=O) groups is 1. The molecule has 5 heteroatoms. The van der Waals surface area contributed by atoms with Crippen molar-refractivity contribution in [2.24, 2.45) is 0 Å². The van der Waals surface area contributed by atoms with Gasteiger partial charge in [0.25, 0.3) is 5.91 Å². The van der Waals surface area contributed by atoms with Crippen molar-refractivity contribution in [3.05, 3.63) is 54.1 Å². The van der Waals surface area contributed by atoms with Gasteiger partial charge in [-0.3, -0.25) is 4.79 Å². The van der Waals surface area contributed by atoms with Crippen LogP contribution in [0.1, 0.15) is 5.56 Å². The maximum Gasteiger partial charge on any atom is 0.269 e. The lowest BCUT2D eigenvalue weighted by molar-refractivity contribution is -0.125. The molecule has 1 aliphatic rings. The summed E-state index contributed by atoms with van der Waals surface area (Å²) in [6.07, 6.45) is -0.666. The Morgan fingerprint density at radius 2 is 2.05 bits per heavy atom. The minimum Gasteiger partial charge on any atom is -0.485 e. The van der Waals surface area contributed by atoms with Crippen LogP contribution >= 0.6 is 0 Å². The second kappa shape index (κ2) is 6.49. The Morgan fingerprint density at radius 3 is 2.86 bits per heavy atom. The third kappa shape index (κ3) is 3.20. The summed E-state index contributed by atoms with van der Waals surface area (Å²) < 4.78 is 16.3. The highest BCUT2D eigenvalue weighted by atomic mass is 16.6. The molecule has 2 aromatic carbocycles. The van der Waals surface area contributed by atoms with Crippen LogP contribution in [0.3, 0.4) is 0 Å². The first-order valence-electron chi connectivity index (χ1n) is 7.03. The van der Waals surface area contributed by atoms with E-state index < -0.39 is 6.10 Å². The van der Waals surface area contributed by atoms with Gasteiger partial charge in [-0.1, -0.05) is 24.3 Å². The number of fused-ring (bicyclic) bond motifs is 1. The summed E-state index contributed by atoms with van der Waals surface area (Å²) in [6.45, 7) is 0.695. The molecule has 0 radical (unpaired) electrons. The zero-order valence-electron chi connectivity index (χ0n) is 12.2. The number of benzene rings is 2. The van der Waals surface area contributed by atoms with E-state index >= 15 is 0 Å². The first kappa shape index (κ1) is 14.4. The van der Waals surface area contributed by atoms with Gasteiger partial charge >= 0.3 is 0 Å². The number of para-hydroxylation sites is 2. The Labute approximate surface area is 128 Å². The topological polar surface area (TPSA) is 56.8 Å².